The molecule has 10 nitrogen and oxygen atoms in total. The Morgan fingerprint density at radius 3 is 2.74 bits per heavy atom. The molecule has 3 aliphatic heterocycles. The second kappa shape index (κ2) is 9.87. The molecule has 0 aromatic carbocycles. The summed E-state index contributed by atoms with van der Waals surface area (Å²) < 4.78 is 7.51. The first-order valence-corrected chi connectivity index (χ1v) is 14.5. The Bertz CT molecular complexity index is 1490. The van der Waals surface area contributed by atoms with E-state index in [0.29, 0.717) is 11.5 Å². The summed E-state index contributed by atoms with van der Waals surface area (Å²) in [5.74, 6) is 0.181. The second-order valence-corrected chi connectivity index (χ2v) is 11.9. The van der Waals surface area contributed by atoms with Crippen LogP contribution in [0.2, 0.25) is 0 Å². The molecule has 3 fully saturated rings. The average molecular weight is 545 g/mol. The summed E-state index contributed by atoms with van der Waals surface area (Å²) in [5, 5.41) is 19.3. The number of hydrogen-bond acceptors (Lipinski definition) is 9. The van der Waals surface area contributed by atoms with Crippen LogP contribution < -0.4 is 10.2 Å². The van der Waals surface area contributed by atoms with Gasteiger partial charge in [0.1, 0.15) is 0 Å². The topological polar surface area (TPSA) is 101 Å². The Hall–Kier alpha value is -3.57. The van der Waals surface area contributed by atoms with E-state index in [1.54, 1.807) is 24.5 Å². The van der Waals surface area contributed by atoms with Crippen LogP contribution in [-0.2, 0) is 9.53 Å². The van der Waals surface area contributed by atoms with E-state index in [1.807, 2.05) is 27.7 Å². The standard InChI is InChI=1S/C28H32N8O2S/c1-19(37)34-11-8-28(9-12-34)17-35(18-28)27-33-32-26(39-27)22-16-29-24(15-23(22)31-20-6-13-38-14-7-20)25-5-4-21-3-2-10-30-36(21)25/h2-5,10,15-16,20H,6-9,11-14,17-18H2,1H3,(H,29,31). The highest BCUT2D eigenvalue weighted by atomic mass is 32.1. The minimum Gasteiger partial charge on any atom is -0.381 e. The summed E-state index contributed by atoms with van der Waals surface area (Å²) in [6.45, 7) is 6.87. The number of nitrogens with one attached hydrogen (secondary N) is 1. The molecule has 7 heterocycles. The van der Waals surface area contributed by atoms with Gasteiger partial charge in [0.15, 0.2) is 5.01 Å². The third-order valence-electron chi connectivity index (χ3n) is 8.40. The number of rotatable bonds is 5. The largest absolute Gasteiger partial charge is 0.381 e. The Morgan fingerprint density at radius 2 is 1.95 bits per heavy atom. The van der Waals surface area contributed by atoms with Gasteiger partial charge in [0.25, 0.3) is 0 Å². The van der Waals surface area contributed by atoms with Crippen molar-refractivity contribution < 1.29 is 9.53 Å². The van der Waals surface area contributed by atoms with Gasteiger partial charge >= 0.3 is 0 Å². The number of piperidine rings is 1. The number of pyridine rings is 1. The Morgan fingerprint density at radius 1 is 1.13 bits per heavy atom. The zero-order chi connectivity index (χ0) is 26.4. The van der Waals surface area contributed by atoms with Crippen LogP contribution in [0, 0.1) is 5.41 Å². The van der Waals surface area contributed by atoms with Crippen LogP contribution >= 0.6 is 11.3 Å². The van der Waals surface area contributed by atoms with Gasteiger partial charge in [0, 0.05) is 75.9 Å². The second-order valence-electron chi connectivity index (χ2n) is 11.0. The van der Waals surface area contributed by atoms with E-state index in [0.717, 1.165) is 103 Å². The van der Waals surface area contributed by atoms with Crippen molar-refractivity contribution in [1.29, 1.82) is 0 Å². The molecule has 3 saturated heterocycles. The van der Waals surface area contributed by atoms with Crippen LogP contribution in [-0.4, -0.2) is 81.0 Å². The van der Waals surface area contributed by atoms with E-state index in [4.69, 9.17) is 9.72 Å². The monoisotopic (exact) mass is 544 g/mol. The maximum atomic E-state index is 11.7. The number of carbonyl (C=O) groups excluding carboxylic acids is 1. The van der Waals surface area contributed by atoms with Crippen LogP contribution in [0.25, 0.3) is 27.5 Å². The smallest absolute Gasteiger partial charge is 0.219 e. The normalized spacial score (nSPS) is 19.4. The van der Waals surface area contributed by atoms with Crippen molar-refractivity contribution in [1.82, 2.24) is 29.7 Å². The van der Waals surface area contributed by atoms with Crippen LogP contribution in [0.5, 0.6) is 0 Å². The van der Waals surface area contributed by atoms with Crippen molar-refractivity contribution in [2.24, 2.45) is 5.41 Å². The van der Waals surface area contributed by atoms with Crippen LogP contribution in [0.1, 0.15) is 32.6 Å². The zero-order valence-electron chi connectivity index (χ0n) is 22.0. The first kappa shape index (κ1) is 24.5. The molecular formula is C28H32N8O2S. The number of ether oxygens (including phenoxy) is 1. The molecule has 4 aromatic rings. The minimum absolute atomic E-state index is 0.181. The van der Waals surface area contributed by atoms with E-state index in [2.05, 4.69) is 43.7 Å². The Kier molecular flexibility index (Phi) is 6.19. The molecule has 0 bridgehead atoms. The van der Waals surface area contributed by atoms with Gasteiger partial charge in [-0.15, -0.1) is 10.2 Å². The van der Waals surface area contributed by atoms with Crippen LogP contribution in [0.3, 0.4) is 0 Å². The highest BCUT2D eigenvalue weighted by Crippen LogP contribution is 2.45. The lowest BCUT2D eigenvalue weighted by Crippen LogP contribution is -2.60. The van der Waals surface area contributed by atoms with E-state index < -0.39 is 0 Å². The molecule has 202 valence electrons. The van der Waals surface area contributed by atoms with Crippen molar-refractivity contribution >= 4 is 33.6 Å². The molecule has 1 spiro atoms. The van der Waals surface area contributed by atoms with Gasteiger partial charge in [0.05, 0.1) is 22.5 Å². The number of likely N-dealkylation sites (tertiary alicyclic amines) is 1. The van der Waals surface area contributed by atoms with Gasteiger partial charge in [0.2, 0.25) is 11.0 Å². The predicted molar refractivity (Wildman–Crippen MR) is 151 cm³/mol. The van der Waals surface area contributed by atoms with Crippen molar-refractivity contribution in [2.45, 2.75) is 38.6 Å². The van der Waals surface area contributed by atoms with Gasteiger partial charge in [-0.2, -0.15) is 5.10 Å². The van der Waals surface area contributed by atoms with E-state index >= 15 is 0 Å². The lowest BCUT2D eigenvalue weighted by molar-refractivity contribution is -0.131. The molecule has 0 saturated carbocycles. The molecule has 39 heavy (non-hydrogen) atoms. The summed E-state index contributed by atoms with van der Waals surface area (Å²) in [6.07, 6.45) is 7.75. The van der Waals surface area contributed by atoms with Crippen molar-refractivity contribution in [3.63, 3.8) is 0 Å². The fraction of sp³-hybridized carbons (Fsp3) is 0.464. The molecule has 0 aliphatic carbocycles. The molecule has 7 rings (SSSR count). The van der Waals surface area contributed by atoms with Gasteiger partial charge in [-0.1, -0.05) is 11.3 Å². The predicted octanol–water partition coefficient (Wildman–Crippen LogP) is 3.95. The summed E-state index contributed by atoms with van der Waals surface area (Å²) in [7, 11) is 0. The molecule has 11 heteroatoms. The number of nitrogens with zero attached hydrogens (tertiary/aromatic N) is 7. The van der Waals surface area contributed by atoms with E-state index in [-0.39, 0.29) is 5.91 Å². The highest BCUT2D eigenvalue weighted by Gasteiger charge is 2.46. The lowest BCUT2D eigenvalue weighted by atomic mass is 9.72. The maximum absolute atomic E-state index is 11.7. The number of carbonyl (C=O) groups is 1. The van der Waals surface area contributed by atoms with Crippen LogP contribution in [0.4, 0.5) is 10.8 Å². The van der Waals surface area contributed by atoms with E-state index in [9.17, 15) is 4.79 Å². The molecule has 4 aromatic heterocycles. The summed E-state index contributed by atoms with van der Waals surface area (Å²) >= 11 is 1.62. The zero-order valence-corrected chi connectivity index (χ0v) is 22.9. The van der Waals surface area contributed by atoms with Gasteiger partial charge in [-0.25, -0.2) is 4.52 Å². The molecular weight excluding hydrogens is 512 g/mol. The number of anilines is 2. The molecule has 0 radical (unpaired) electrons. The average Bonchev–Trinajstić information content (AvgIpc) is 3.60. The molecule has 3 aliphatic rings. The third kappa shape index (κ3) is 4.63. The minimum atomic E-state index is 0.181. The fourth-order valence-electron chi connectivity index (χ4n) is 6.05. The number of amides is 1. The fourth-order valence-corrected chi connectivity index (χ4v) is 6.92. The summed E-state index contributed by atoms with van der Waals surface area (Å²) in [5.41, 5.74) is 5.12. The summed E-state index contributed by atoms with van der Waals surface area (Å²) in [4.78, 5) is 20.9. The number of hydrogen-bond donors (Lipinski definition) is 1. The number of fused-ring (bicyclic) bond motifs is 1. The molecule has 0 unspecified atom stereocenters. The lowest BCUT2D eigenvalue weighted by Gasteiger charge is -2.53. The first-order valence-electron chi connectivity index (χ1n) is 13.7. The van der Waals surface area contributed by atoms with Gasteiger partial charge in [-0.3, -0.25) is 9.78 Å². The van der Waals surface area contributed by atoms with Crippen molar-refractivity contribution in [2.75, 3.05) is 49.6 Å². The molecule has 0 atom stereocenters. The number of aromatic nitrogens is 5. The first-order chi connectivity index (χ1) is 19.1. The molecule has 1 amide bonds. The maximum Gasteiger partial charge on any atom is 0.219 e. The Balaban J connectivity index is 1.14. The highest BCUT2D eigenvalue weighted by molar-refractivity contribution is 7.18. The third-order valence-corrected chi connectivity index (χ3v) is 9.42. The molecule has 1 N–H and O–H groups in total. The Labute approximate surface area is 231 Å². The SMILES string of the molecule is CC(=O)N1CCC2(CC1)CN(c1nnc(-c3cnc(-c4ccc5cccnn45)cc3NC3CCOCC3)s1)C2. The van der Waals surface area contributed by atoms with Crippen LogP contribution in [0.15, 0.2) is 42.7 Å². The van der Waals surface area contributed by atoms with E-state index in [1.165, 1.54) is 0 Å². The van der Waals surface area contributed by atoms with Crippen molar-refractivity contribution in [3.8, 4) is 22.0 Å². The van der Waals surface area contributed by atoms with Gasteiger partial charge < -0.3 is 19.9 Å². The summed E-state index contributed by atoms with van der Waals surface area (Å²) in [6, 6.07) is 10.6. The quantitative estimate of drug-likeness (QED) is 0.403. The van der Waals surface area contributed by atoms with Crippen molar-refractivity contribution in [3.05, 3.63) is 42.7 Å². The van der Waals surface area contributed by atoms with Gasteiger partial charge in [-0.05, 0) is 56.0 Å².